The molecule has 0 fully saturated rings. The minimum atomic E-state index is -0.109. The maximum atomic E-state index is 9.68. The lowest BCUT2D eigenvalue weighted by molar-refractivity contribution is 0.243. The predicted molar refractivity (Wildman–Crippen MR) is 86.6 cm³/mol. The number of phenolic OH excluding ortho intramolecular Hbond substituents is 1. The number of aliphatic hydroxyl groups is 1. The molecule has 0 spiro atoms. The summed E-state index contributed by atoms with van der Waals surface area (Å²) >= 11 is 6.62. The van der Waals surface area contributed by atoms with Crippen LogP contribution in [0.4, 0.5) is 0 Å². The first-order valence-electron chi connectivity index (χ1n) is 6.18. The van der Waals surface area contributed by atoms with Gasteiger partial charge in [-0.3, -0.25) is 0 Å². The topological polar surface area (TPSA) is 52.5 Å². The zero-order chi connectivity index (χ0) is 14.5. The highest BCUT2D eigenvalue weighted by molar-refractivity contribution is 9.11. The van der Waals surface area contributed by atoms with Gasteiger partial charge in [-0.2, -0.15) is 0 Å². The molecule has 2 rings (SSSR count). The largest absolute Gasteiger partial charge is 0.506 e. The van der Waals surface area contributed by atoms with Crippen molar-refractivity contribution >= 4 is 31.9 Å². The van der Waals surface area contributed by atoms with Crippen molar-refractivity contribution < 1.29 is 10.2 Å². The summed E-state index contributed by atoms with van der Waals surface area (Å²) in [6.45, 7) is 0.627. The molecule has 0 heterocycles. The number of halogens is 2. The normalized spacial score (nSPS) is 12.3. The molecule has 0 amide bonds. The summed E-state index contributed by atoms with van der Waals surface area (Å²) in [5, 5.41) is 22.5. The summed E-state index contributed by atoms with van der Waals surface area (Å²) in [7, 11) is 0. The van der Waals surface area contributed by atoms with Crippen molar-refractivity contribution in [2.45, 2.75) is 12.6 Å². The van der Waals surface area contributed by atoms with Crippen molar-refractivity contribution in [1.82, 2.24) is 5.32 Å². The Bertz CT molecular complexity index is 552. The second-order valence-electron chi connectivity index (χ2n) is 4.43. The molecule has 0 aliphatic rings. The van der Waals surface area contributed by atoms with Gasteiger partial charge in [0.2, 0.25) is 0 Å². The van der Waals surface area contributed by atoms with E-state index in [0.29, 0.717) is 15.5 Å². The van der Waals surface area contributed by atoms with Crippen LogP contribution in [0.5, 0.6) is 5.75 Å². The maximum absolute atomic E-state index is 9.68. The third-order valence-electron chi connectivity index (χ3n) is 3.01. The smallest absolute Gasteiger partial charge is 0.143 e. The average Bonchev–Trinajstić information content (AvgIpc) is 2.46. The van der Waals surface area contributed by atoms with E-state index in [-0.39, 0.29) is 18.4 Å². The summed E-state index contributed by atoms with van der Waals surface area (Å²) in [6, 6.07) is 13.4. The van der Waals surface area contributed by atoms with Crippen molar-refractivity contribution in [3.8, 4) is 5.75 Å². The monoisotopic (exact) mass is 399 g/mol. The maximum Gasteiger partial charge on any atom is 0.143 e. The molecule has 0 radical (unpaired) electrons. The Morgan fingerprint density at radius 1 is 1.05 bits per heavy atom. The summed E-state index contributed by atoms with van der Waals surface area (Å²) < 4.78 is 1.29. The molecule has 5 heteroatoms. The number of hydrogen-bond acceptors (Lipinski definition) is 3. The van der Waals surface area contributed by atoms with E-state index in [9.17, 15) is 10.2 Å². The molecule has 0 saturated carbocycles. The minimum absolute atomic E-state index is 0.0322. The third-order valence-corrected chi connectivity index (χ3v) is 4.22. The van der Waals surface area contributed by atoms with Crippen LogP contribution >= 0.6 is 31.9 Å². The fraction of sp³-hybridized carbons (Fsp3) is 0.200. The fourth-order valence-corrected chi connectivity index (χ4v) is 3.22. The van der Waals surface area contributed by atoms with Gasteiger partial charge in [0.15, 0.2) is 0 Å². The quantitative estimate of drug-likeness (QED) is 0.716. The van der Waals surface area contributed by atoms with Gasteiger partial charge in [-0.25, -0.2) is 0 Å². The Balaban J connectivity index is 2.07. The molecule has 3 N–H and O–H groups in total. The molecule has 3 nitrogen and oxygen atoms in total. The van der Waals surface area contributed by atoms with Gasteiger partial charge in [-0.15, -0.1) is 0 Å². The van der Waals surface area contributed by atoms with Crippen molar-refractivity contribution in [2.75, 3.05) is 6.61 Å². The molecule has 0 bridgehead atoms. The zero-order valence-electron chi connectivity index (χ0n) is 10.7. The molecule has 2 aromatic carbocycles. The van der Waals surface area contributed by atoms with Crippen LogP contribution < -0.4 is 5.32 Å². The molecular weight excluding hydrogens is 386 g/mol. The van der Waals surface area contributed by atoms with Crippen LogP contribution in [0, 0.1) is 0 Å². The highest BCUT2D eigenvalue weighted by atomic mass is 79.9. The van der Waals surface area contributed by atoms with Crippen LogP contribution in [-0.4, -0.2) is 16.8 Å². The van der Waals surface area contributed by atoms with E-state index in [0.717, 1.165) is 11.1 Å². The minimum Gasteiger partial charge on any atom is -0.506 e. The van der Waals surface area contributed by atoms with Crippen LogP contribution in [-0.2, 0) is 6.54 Å². The van der Waals surface area contributed by atoms with E-state index in [1.807, 2.05) is 42.5 Å². The highest BCUT2D eigenvalue weighted by Gasteiger charge is 2.11. The Kier molecular flexibility index (Phi) is 5.60. The van der Waals surface area contributed by atoms with Gasteiger partial charge in [0.05, 0.1) is 21.6 Å². The van der Waals surface area contributed by atoms with Crippen LogP contribution in [0.2, 0.25) is 0 Å². The van der Waals surface area contributed by atoms with Crippen LogP contribution in [0.25, 0.3) is 0 Å². The molecule has 20 heavy (non-hydrogen) atoms. The first-order chi connectivity index (χ1) is 9.61. The van der Waals surface area contributed by atoms with Crippen molar-refractivity contribution in [2.24, 2.45) is 0 Å². The Morgan fingerprint density at radius 2 is 1.65 bits per heavy atom. The van der Waals surface area contributed by atoms with E-state index in [1.165, 1.54) is 0 Å². The number of hydrogen-bond donors (Lipinski definition) is 3. The van der Waals surface area contributed by atoms with Crippen LogP contribution in [0.15, 0.2) is 51.4 Å². The predicted octanol–water partition coefficient (Wildman–Crippen LogP) is 3.74. The lowest BCUT2D eigenvalue weighted by Gasteiger charge is -2.17. The summed E-state index contributed by atoms with van der Waals surface area (Å²) in [4.78, 5) is 0. The number of phenols is 1. The molecule has 0 aromatic heterocycles. The second-order valence-corrected chi connectivity index (χ2v) is 6.14. The second kappa shape index (κ2) is 7.22. The molecule has 2 aromatic rings. The van der Waals surface area contributed by atoms with Crippen LogP contribution in [0.1, 0.15) is 17.2 Å². The highest BCUT2D eigenvalue weighted by Crippen LogP contribution is 2.33. The first-order valence-corrected chi connectivity index (χ1v) is 7.76. The summed E-state index contributed by atoms with van der Waals surface area (Å²) in [5.74, 6) is 0.190. The Hall–Kier alpha value is -0.880. The SMILES string of the molecule is OC[C@@H](NCc1cc(Br)c(O)c(Br)c1)c1ccccc1. The number of benzene rings is 2. The fourth-order valence-electron chi connectivity index (χ4n) is 1.93. The molecule has 0 aliphatic carbocycles. The Morgan fingerprint density at radius 3 is 2.20 bits per heavy atom. The molecule has 1 atom stereocenters. The van der Waals surface area contributed by atoms with Crippen molar-refractivity contribution in [3.63, 3.8) is 0 Å². The number of aliphatic hydroxyl groups excluding tert-OH is 1. The number of aromatic hydroxyl groups is 1. The van der Waals surface area contributed by atoms with Gasteiger partial charge in [0.25, 0.3) is 0 Å². The van der Waals surface area contributed by atoms with Gasteiger partial charge >= 0.3 is 0 Å². The standard InChI is InChI=1S/C15H15Br2NO2/c16-12-6-10(7-13(17)15(12)20)8-18-14(9-19)11-4-2-1-3-5-11/h1-7,14,18-20H,8-9H2/t14-/m1/s1. The summed E-state index contributed by atoms with van der Waals surface area (Å²) in [5.41, 5.74) is 2.06. The van der Waals surface area contributed by atoms with E-state index < -0.39 is 0 Å². The van der Waals surface area contributed by atoms with Crippen LogP contribution in [0.3, 0.4) is 0 Å². The Labute approximate surface area is 134 Å². The van der Waals surface area contributed by atoms with Crippen molar-refractivity contribution in [3.05, 3.63) is 62.5 Å². The number of nitrogens with one attached hydrogen (secondary N) is 1. The molecule has 106 valence electrons. The van der Waals surface area contributed by atoms with E-state index in [4.69, 9.17) is 0 Å². The summed E-state index contributed by atoms with van der Waals surface area (Å²) in [6.07, 6.45) is 0. The van der Waals surface area contributed by atoms with E-state index >= 15 is 0 Å². The van der Waals surface area contributed by atoms with Gasteiger partial charge < -0.3 is 15.5 Å². The first kappa shape index (κ1) is 15.5. The van der Waals surface area contributed by atoms with E-state index in [2.05, 4.69) is 37.2 Å². The molecule has 0 aliphatic heterocycles. The number of rotatable bonds is 5. The average molecular weight is 401 g/mol. The molecule has 0 unspecified atom stereocenters. The van der Waals surface area contributed by atoms with Gasteiger partial charge in [0.1, 0.15) is 5.75 Å². The van der Waals surface area contributed by atoms with Gasteiger partial charge in [-0.1, -0.05) is 30.3 Å². The van der Waals surface area contributed by atoms with E-state index in [1.54, 1.807) is 0 Å². The van der Waals surface area contributed by atoms with Crippen molar-refractivity contribution in [1.29, 1.82) is 0 Å². The zero-order valence-corrected chi connectivity index (χ0v) is 13.9. The molecule has 0 saturated heterocycles. The lowest BCUT2D eigenvalue weighted by Crippen LogP contribution is -2.23. The van der Waals surface area contributed by atoms with Gasteiger partial charge in [0, 0.05) is 6.54 Å². The third kappa shape index (κ3) is 3.82. The van der Waals surface area contributed by atoms with Gasteiger partial charge in [-0.05, 0) is 55.1 Å². The molecular formula is C15H15Br2NO2. The lowest BCUT2D eigenvalue weighted by atomic mass is 10.1.